The van der Waals surface area contributed by atoms with Crippen LogP contribution in [0.1, 0.15) is 50.3 Å². The van der Waals surface area contributed by atoms with Crippen molar-refractivity contribution in [3.05, 3.63) is 65.2 Å². The lowest BCUT2D eigenvalue weighted by Crippen LogP contribution is -2.63. The molecule has 0 aromatic heterocycles. The second kappa shape index (κ2) is 18.2. The average Bonchev–Trinajstić information content (AvgIpc) is 3.78. The van der Waals surface area contributed by atoms with Crippen LogP contribution < -0.4 is 21.3 Å². The highest BCUT2D eigenvalue weighted by atomic mass is 32.2. The van der Waals surface area contributed by atoms with Gasteiger partial charge in [0.2, 0.25) is 29.5 Å². The predicted octanol–water partition coefficient (Wildman–Crippen LogP) is 1.11. The third-order valence-corrected chi connectivity index (χ3v) is 12.2. The molecule has 4 heterocycles. The summed E-state index contributed by atoms with van der Waals surface area (Å²) in [5.74, 6) is -3.31. The smallest absolute Gasteiger partial charge is 0.329 e. The molecule has 0 saturated carbocycles. The van der Waals surface area contributed by atoms with Crippen LogP contribution in [-0.4, -0.2) is 141 Å². The second-order valence-electron chi connectivity index (χ2n) is 15.9. The lowest BCUT2D eigenvalue weighted by Gasteiger charge is -2.39. The monoisotopic (exact) mass is 819 g/mol. The van der Waals surface area contributed by atoms with Crippen molar-refractivity contribution in [1.82, 2.24) is 30.7 Å². The van der Waals surface area contributed by atoms with E-state index in [1.54, 1.807) is 18.2 Å². The summed E-state index contributed by atoms with van der Waals surface area (Å²) in [6, 6.07) is 6.74. The van der Waals surface area contributed by atoms with Gasteiger partial charge < -0.3 is 45.8 Å². The van der Waals surface area contributed by atoms with Gasteiger partial charge in [-0.15, -0.1) is 0 Å². The summed E-state index contributed by atoms with van der Waals surface area (Å²) in [5, 5.41) is 21.9. The van der Waals surface area contributed by atoms with Crippen molar-refractivity contribution < 1.29 is 43.4 Å². The largest absolute Gasteiger partial charge is 0.458 e. The molecule has 5 N–H and O–H groups in total. The van der Waals surface area contributed by atoms with E-state index in [4.69, 9.17) is 4.74 Å². The topological polar surface area (TPSA) is 207 Å². The van der Waals surface area contributed by atoms with Gasteiger partial charge in [-0.2, -0.15) is 11.8 Å². The molecule has 2 aromatic rings. The minimum absolute atomic E-state index is 0.0269. The number of aliphatic hydroxyl groups is 1. The van der Waals surface area contributed by atoms with Crippen LogP contribution in [0, 0.1) is 19.8 Å². The van der Waals surface area contributed by atoms with Gasteiger partial charge in [0.1, 0.15) is 42.4 Å². The summed E-state index contributed by atoms with van der Waals surface area (Å²) in [4.78, 5) is 102. The maximum absolute atomic E-state index is 14.8. The number of rotatable bonds is 6. The summed E-state index contributed by atoms with van der Waals surface area (Å²) in [7, 11) is 0. The molecule has 0 spiro atoms. The Balaban J connectivity index is 1.34. The molecular weight excluding hydrogens is 767 g/mol. The zero-order valence-electron chi connectivity index (χ0n) is 33.4. The van der Waals surface area contributed by atoms with Crippen LogP contribution in [0.2, 0.25) is 0 Å². The van der Waals surface area contributed by atoms with Crippen molar-refractivity contribution in [2.24, 2.45) is 5.92 Å². The fourth-order valence-electron chi connectivity index (χ4n) is 8.09. The molecule has 0 unspecified atom stereocenters. The maximum Gasteiger partial charge on any atom is 0.329 e. The van der Waals surface area contributed by atoms with Gasteiger partial charge >= 0.3 is 12.0 Å². The van der Waals surface area contributed by atoms with Gasteiger partial charge in [-0.3, -0.25) is 24.0 Å². The van der Waals surface area contributed by atoms with Gasteiger partial charge in [0.05, 0.1) is 6.10 Å². The van der Waals surface area contributed by atoms with Gasteiger partial charge in [-0.25, -0.2) is 9.59 Å². The lowest BCUT2D eigenvalue weighted by molar-refractivity contribution is -0.163. The van der Waals surface area contributed by atoms with E-state index in [0.717, 1.165) is 16.7 Å². The Hall–Kier alpha value is -5.16. The number of fused-ring (bicyclic) bond motifs is 3. The molecule has 4 saturated heterocycles. The van der Waals surface area contributed by atoms with Crippen LogP contribution in [0.5, 0.6) is 0 Å². The molecule has 2 aromatic carbocycles. The zero-order chi connectivity index (χ0) is 41.8. The van der Waals surface area contributed by atoms with Crippen molar-refractivity contribution in [3.8, 4) is 0 Å². The van der Waals surface area contributed by atoms with Crippen LogP contribution in [0.3, 0.4) is 0 Å². The van der Waals surface area contributed by atoms with Gasteiger partial charge in [0.25, 0.3) is 0 Å². The number of amides is 7. The van der Waals surface area contributed by atoms with Crippen LogP contribution >= 0.6 is 11.8 Å². The first-order valence-corrected chi connectivity index (χ1v) is 20.9. The molecule has 312 valence electrons. The highest BCUT2D eigenvalue weighted by molar-refractivity contribution is 7.99. The third-order valence-electron chi connectivity index (χ3n) is 11.1. The minimum Gasteiger partial charge on any atom is -0.458 e. The van der Waals surface area contributed by atoms with Crippen LogP contribution in [0.15, 0.2) is 48.5 Å². The number of thioether (sulfide) groups is 1. The number of cyclic esters (lactones) is 1. The fraction of sp³-hybridized carbons (Fsp3) is 0.537. The summed E-state index contributed by atoms with van der Waals surface area (Å²) in [6.45, 7) is 8.80. The number of hydrogen-bond acceptors (Lipinski definition) is 10. The van der Waals surface area contributed by atoms with Crippen molar-refractivity contribution in [3.63, 3.8) is 0 Å². The summed E-state index contributed by atoms with van der Waals surface area (Å²) in [6.07, 6.45) is -2.27. The Morgan fingerprint density at radius 1 is 0.879 bits per heavy atom. The number of aryl methyl sites for hydroxylation is 2. The van der Waals surface area contributed by atoms with Crippen LogP contribution in [0.25, 0.3) is 0 Å². The van der Waals surface area contributed by atoms with Crippen LogP contribution in [0.4, 0.5) is 10.5 Å². The molecule has 7 amide bonds. The van der Waals surface area contributed by atoms with Crippen LogP contribution in [-0.2, 0) is 39.9 Å². The van der Waals surface area contributed by atoms with Crippen molar-refractivity contribution in [2.45, 2.75) is 102 Å². The molecule has 17 heteroatoms. The second-order valence-corrected chi connectivity index (χ2v) is 17.1. The molecule has 6 rings (SSSR count). The van der Waals surface area contributed by atoms with Gasteiger partial charge in [0, 0.05) is 49.7 Å². The molecule has 0 radical (unpaired) electrons. The molecule has 58 heavy (non-hydrogen) atoms. The normalized spacial score (nSPS) is 28.8. The third kappa shape index (κ3) is 9.74. The number of esters is 1. The Bertz CT molecular complexity index is 1910. The highest BCUT2D eigenvalue weighted by Crippen LogP contribution is 2.29. The van der Waals surface area contributed by atoms with E-state index >= 15 is 0 Å². The molecule has 16 nitrogen and oxygen atoms in total. The molecule has 4 aliphatic rings. The van der Waals surface area contributed by atoms with E-state index in [1.165, 1.54) is 40.3 Å². The van der Waals surface area contributed by atoms with E-state index in [-0.39, 0.29) is 50.6 Å². The number of urea groups is 1. The van der Waals surface area contributed by atoms with E-state index in [2.05, 4.69) is 21.3 Å². The van der Waals surface area contributed by atoms with Crippen molar-refractivity contribution >= 4 is 59.0 Å². The summed E-state index contributed by atoms with van der Waals surface area (Å²) >= 11 is 1.47. The van der Waals surface area contributed by atoms with E-state index in [1.807, 2.05) is 51.1 Å². The Labute approximate surface area is 342 Å². The molecule has 4 fully saturated rings. The molecule has 4 aliphatic heterocycles. The molecule has 9 atom stereocenters. The standard InChI is InChI=1S/C41H53N7O9S/c1-22-9-11-28(12-10-22)43-41(56)44-30(17-27-8-6-7-23(2)15-27)35(50)45-34-26(5)57-40(55)32-16-24(3)19-47(32)37(52)25(4)42-36(51)33-21-58-14-13-46(33)38(53)31-18-29(49)20-48(31)39(34)54/h6-12,15,24-26,29-34,49H,13-14,16-21H2,1-5H3,(H,42,51)(H,45,50)(H2,43,44,56)/t24-,25+,26+,29-,30+,31+,32+,33+,34+/m1/s1. The molecule has 0 bridgehead atoms. The Morgan fingerprint density at radius 2 is 1.60 bits per heavy atom. The van der Waals surface area contributed by atoms with Gasteiger partial charge in [-0.1, -0.05) is 54.4 Å². The average molecular weight is 820 g/mol. The van der Waals surface area contributed by atoms with Gasteiger partial charge in [0.15, 0.2) is 0 Å². The number of nitrogens with one attached hydrogen (secondary N) is 4. The SMILES string of the molecule is Cc1ccc(NC(=O)N[C@@H](Cc2cccc(C)c2)C(=O)N[C@@H]2C(=O)N3C[C@H](O)C[C@H]3C(=O)N3CCSC[C@H]3C(=O)N[C@@H](C)C(=O)N3C[C@H](C)C[C@H]3C(=O)O[C@H]2C)cc1. The van der Waals surface area contributed by atoms with Crippen molar-refractivity contribution in [1.29, 1.82) is 0 Å². The Kier molecular flexibility index (Phi) is 13.3. The number of benzene rings is 2. The number of hydrogen-bond donors (Lipinski definition) is 5. The predicted molar refractivity (Wildman–Crippen MR) is 215 cm³/mol. The number of aliphatic hydroxyl groups excluding tert-OH is 1. The number of carbonyl (C=O) groups excluding carboxylic acids is 7. The highest BCUT2D eigenvalue weighted by Gasteiger charge is 2.49. The van der Waals surface area contributed by atoms with Crippen molar-refractivity contribution in [2.75, 3.05) is 36.5 Å². The number of anilines is 1. The number of ether oxygens (including phenoxy) is 1. The first-order valence-electron chi connectivity index (χ1n) is 19.8. The quantitative estimate of drug-likeness (QED) is 0.263. The van der Waals surface area contributed by atoms with E-state index < -0.39 is 90.0 Å². The maximum atomic E-state index is 14.8. The van der Waals surface area contributed by atoms with E-state index in [0.29, 0.717) is 11.4 Å². The molecule has 0 aliphatic carbocycles. The number of carbonyl (C=O) groups is 7. The molecular formula is C41H53N7O9S. The summed E-state index contributed by atoms with van der Waals surface area (Å²) in [5.41, 5.74) is 3.12. The summed E-state index contributed by atoms with van der Waals surface area (Å²) < 4.78 is 5.93. The van der Waals surface area contributed by atoms with Gasteiger partial charge in [-0.05, 0) is 57.7 Å². The first-order chi connectivity index (χ1) is 27.6. The zero-order valence-corrected chi connectivity index (χ0v) is 34.3. The number of nitrogens with zero attached hydrogens (tertiary/aromatic N) is 3. The minimum atomic E-state index is -1.59. The first kappa shape index (κ1) is 42.4. The Morgan fingerprint density at radius 3 is 2.33 bits per heavy atom. The fourth-order valence-corrected chi connectivity index (χ4v) is 9.14. The lowest BCUT2D eigenvalue weighted by atomic mass is 10.0. The van der Waals surface area contributed by atoms with E-state index in [9.17, 15) is 38.7 Å².